The van der Waals surface area contributed by atoms with Crippen molar-refractivity contribution >= 4 is 38.9 Å². The standard InChI is InChI=1S/C24H21N3O5S/c1-3-32-24(30)21-18-14-33-22(25-13-19(28)15-7-5-4-6-8-15)20(18)23(29)27(26-21)16-9-11-17(31-2)12-10-16/h4-12,14,25H,3,13H2,1-2H3. The van der Waals surface area contributed by atoms with Gasteiger partial charge in [-0.15, -0.1) is 11.3 Å². The number of Topliss-reactive ketones (excluding diaryl/α,β-unsaturated/α-hetero) is 1. The van der Waals surface area contributed by atoms with E-state index in [1.807, 2.05) is 6.07 Å². The number of anilines is 1. The molecule has 0 aliphatic carbocycles. The van der Waals surface area contributed by atoms with E-state index in [1.54, 1.807) is 67.9 Å². The Labute approximate surface area is 193 Å². The maximum Gasteiger partial charge on any atom is 0.359 e. The molecule has 0 radical (unpaired) electrons. The lowest BCUT2D eigenvalue weighted by Crippen LogP contribution is -2.25. The van der Waals surface area contributed by atoms with Crippen molar-refractivity contribution in [2.24, 2.45) is 0 Å². The zero-order chi connectivity index (χ0) is 23.4. The van der Waals surface area contributed by atoms with Gasteiger partial charge in [-0.25, -0.2) is 4.79 Å². The van der Waals surface area contributed by atoms with Crippen LogP contribution in [0.25, 0.3) is 16.5 Å². The van der Waals surface area contributed by atoms with E-state index < -0.39 is 11.5 Å². The molecular formula is C24H21N3O5S. The van der Waals surface area contributed by atoms with E-state index in [0.717, 1.165) is 4.68 Å². The van der Waals surface area contributed by atoms with Gasteiger partial charge in [-0.3, -0.25) is 9.59 Å². The van der Waals surface area contributed by atoms with Crippen molar-refractivity contribution in [3.05, 3.63) is 81.6 Å². The number of benzene rings is 2. The summed E-state index contributed by atoms with van der Waals surface area (Å²) in [5.74, 6) is -0.127. The molecule has 0 aliphatic heterocycles. The molecule has 2 aromatic heterocycles. The number of hydrogen-bond donors (Lipinski definition) is 1. The summed E-state index contributed by atoms with van der Waals surface area (Å²) in [4.78, 5) is 38.6. The zero-order valence-electron chi connectivity index (χ0n) is 18.0. The number of nitrogens with zero attached hydrogens (tertiary/aromatic N) is 2. The van der Waals surface area contributed by atoms with Gasteiger partial charge in [-0.1, -0.05) is 30.3 Å². The highest BCUT2D eigenvalue weighted by Crippen LogP contribution is 2.30. The molecule has 9 heteroatoms. The van der Waals surface area contributed by atoms with E-state index in [4.69, 9.17) is 9.47 Å². The van der Waals surface area contributed by atoms with Crippen LogP contribution in [-0.4, -0.2) is 41.8 Å². The van der Waals surface area contributed by atoms with Crippen molar-refractivity contribution in [2.75, 3.05) is 25.6 Å². The van der Waals surface area contributed by atoms with E-state index in [0.29, 0.717) is 27.4 Å². The van der Waals surface area contributed by atoms with Gasteiger partial charge >= 0.3 is 5.97 Å². The predicted octanol–water partition coefficient (Wildman–Crippen LogP) is 3.93. The number of nitrogens with one attached hydrogen (secondary N) is 1. The van der Waals surface area contributed by atoms with Crippen LogP contribution in [0.15, 0.2) is 64.8 Å². The summed E-state index contributed by atoms with van der Waals surface area (Å²) in [6, 6.07) is 15.6. The van der Waals surface area contributed by atoms with Gasteiger partial charge < -0.3 is 14.8 Å². The third-order valence-electron chi connectivity index (χ3n) is 4.94. The Morgan fingerprint density at radius 2 is 1.82 bits per heavy atom. The van der Waals surface area contributed by atoms with Crippen LogP contribution < -0.4 is 15.6 Å². The predicted molar refractivity (Wildman–Crippen MR) is 127 cm³/mol. The Balaban J connectivity index is 1.78. The highest BCUT2D eigenvalue weighted by atomic mass is 32.1. The second-order valence-electron chi connectivity index (χ2n) is 6.98. The molecule has 33 heavy (non-hydrogen) atoms. The van der Waals surface area contributed by atoms with Crippen molar-refractivity contribution < 1.29 is 19.1 Å². The first-order chi connectivity index (χ1) is 16.0. The topological polar surface area (TPSA) is 99.5 Å². The first kappa shape index (κ1) is 22.2. The van der Waals surface area contributed by atoms with Crippen LogP contribution in [-0.2, 0) is 4.74 Å². The van der Waals surface area contributed by atoms with Gasteiger partial charge in [-0.2, -0.15) is 9.78 Å². The van der Waals surface area contributed by atoms with Gasteiger partial charge in [0.1, 0.15) is 10.8 Å². The lowest BCUT2D eigenvalue weighted by atomic mass is 10.1. The number of carbonyl (C=O) groups excluding carboxylic acids is 2. The monoisotopic (exact) mass is 463 g/mol. The smallest absolute Gasteiger partial charge is 0.359 e. The van der Waals surface area contributed by atoms with E-state index >= 15 is 0 Å². The van der Waals surface area contributed by atoms with Crippen molar-refractivity contribution in [2.45, 2.75) is 6.92 Å². The zero-order valence-corrected chi connectivity index (χ0v) is 18.8. The molecule has 8 nitrogen and oxygen atoms in total. The Bertz CT molecular complexity index is 1360. The minimum Gasteiger partial charge on any atom is -0.497 e. The Kier molecular flexibility index (Phi) is 6.50. The molecule has 0 saturated heterocycles. The molecule has 168 valence electrons. The maximum atomic E-state index is 13.4. The van der Waals surface area contributed by atoms with Crippen LogP contribution >= 0.6 is 11.3 Å². The third kappa shape index (κ3) is 4.49. The van der Waals surface area contributed by atoms with Gasteiger partial charge in [0.2, 0.25) is 0 Å². The molecule has 2 aromatic carbocycles. The Morgan fingerprint density at radius 1 is 1.09 bits per heavy atom. The van der Waals surface area contributed by atoms with Crippen molar-refractivity contribution in [3.8, 4) is 11.4 Å². The molecular weight excluding hydrogens is 442 g/mol. The minimum absolute atomic E-state index is 0.00132. The fourth-order valence-corrected chi connectivity index (χ4v) is 4.25. The molecule has 0 spiro atoms. The van der Waals surface area contributed by atoms with Crippen molar-refractivity contribution in [1.29, 1.82) is 0 Å². The number of thiophene rings is 1. The SMILES string of the molecule is CCOC(=O)c1nn(-c2ccc(OC)cc2)c(=O)c2c(NCC(=O)c3ccccc3)scc12. The van der Waals surface area contributed by atoms with Crippen molar-refractivity contribution in [3.63, 3.8) is 0 Å². The molecule has 0 fully saturated rings. The summed E-state index contributed by atoms with van der Waals surface area (Å²) in [6.45, 7) is 1.87. The summed E-state index contributed by atoms with van der Waals surface area (Å²) in [7, 11) is 1.55. The fraction of sp³-hybridized carbons (Fsp3) is 0.167. The third-order valence-corrected chi connectivity index (χ3v) is 5.88. The largest absolute Gasteiger partial charge is 0.497 e. The van der Waals surface area contributed by atoms with Crippen molar-refractivity contribution in [1.82, 2.24) is 9.78 Å². The minimum atomic E-state index is -0.630. The summed E-state index contributed by atoms with van der Waals surface area (Å²) in [5, 5.41) is 10.2. The summed E-state index contributed by atoms with van der Waals surface area (Å²) >= 11 is 1.23. The highest BCUT2D eigenvalue weighted by Gasteiger charge is 2.22. The first-order valence-electron chi connectivity index (χ1n) is 10.2. The quantitative estimate of drug-likeness (QED) is 0.312. The number of esters is 1. The average molecular weight is 464 g/mol. The number of aromatic nitrogens is 2. The molecule has 0 atom stereocenters. The van der Waals surface area contributed by atoms with E-state index in [-0.39, 0.29) is 30.0 Å². The highest BCUT2D eigenvalue weighted by molar-refractivity contribution is 7.16. The maximum absolute atomic E-state index is 13.4. The lowest BCUT2D eigenvalue weighted by Gasteiger charge is -2.10. The molecule has 4 aromatic rings. The normalized spacial score (nSPS) is 10.7. The number of rotatable bonds is 8. The molecule has 0 amide bonds. The number of ketones is 1. The molecule has 4 rings (SSSR count). The number of methoxy groups -OCH3 is 1. The average Bonchev–Trinajstić information content (AvgIpc) is 3.28. The van der Waals surface area contributed by atoms with Crippen LogP contribution in [0.3, 0.4) is 0 Å². The van der Waals surface area contributed by atoms with Gasteiger partial charge in [0.25, 0.3) is 5.56 Å². The number of ether oxygens (including phenoxy) is 2. The lowest BCUT2D eigenvalue weighted by molar-refractivity contribution is 0.0519. The van der Waals surface area contributed by atoms with Crippen LogP contribution in [0.2, 0.25) is 0 Å². The second-order valence-corrected chi connectivity index (χ2v) is 7.86. The molecule has 2 heterocycles. The van der Waals surface area contributed by atoms with E-state index in [9.17, 15) is 14.4 Å². The molecule has 0 bridgehead atoms. The summed E-state index contributed by atoms with van der Waals surface area (Å²) in [5.41, 5.74) is 0.640. The first-order valence-corrected chi connectivity index (χ1v) is 11.1. The fourth-order valence-electron chi connectivity index (χ4n) is 3.32. The second kappa shape index (κ2) is 9.66. The number of carbonyl (C=O) groups is 2. The number of fused-ring (bicyclic) bond motifs is 1. The molecule has 0 saturated carbocycles. The summed E-state index contributed by atoms with van der Waals surface area (Å²) in [6.07, 6.45) is 0. The van der Waals surface area contributed by atoms with Gasteiger partial charge in [0, 0.05) is 16.3 Å². The van der Waals surface area contributed by atoms with Crippen LogP contribution in [0.5, 0.6) is 5.75 Å². The van der Waals surface area contributed by atoms with Crippen LogP contribution in [0.1, 0.15) is 27.8 Å². The van der Waals surface area contributed by atoms with Gasteiger partial charge in [-0.05, 0) is 31.2 Å². The summed E-state index contributed by atoms with van der Waals surface area (Å²) < 4.78 is 11.5. The Morgan fingerprint density at radius 3 is 2.48 bits per heavy atom. The molecule has 0 aliphatic rings. The number of hydrogen-bond acceptors (Lipinski definition) is 8. The molecule has 1 N–H and O–H groups in total. The van der Waals surface area contributed by atoms with Crippen LogP contribution in [0.4, 0.5) is 5.00 Å². The van der Waals surface area contributed by atoms with E-state index in [2.05, 4.69) is 10.4 Å². The van der Waals surface area contributed by atoms with Gasteiger partial charge in [0.05, 0.1) is 31.3 Å². The van der Waals surface area contributed by atoms with E-state index in [1.165, 1.54) is 11.3 Å². The van der Waals surface area contributed by atoms with Crippen LogP contribution in [0, 0.1) is 0 Å². The molecule has 0 unspecified atom stereocenters. The van der Waals surface area contributed by atoms with Gasteiger partial charge in [0.15, 0.2) is 11.5 Å². The Hall–Kier alpha value is -3.98.